The summed E-state index contributed by atoms with van der Waals surface area (Å²) in [4.78, 5) is 27.5. The van der Waals surface area contributed by atoms with E-state index in [1.165, 1.54) is 0 Å². The van der Waals surface area contributed by atoms with Crippen molar-refractivity contribution in [3.63, 3.8) is 0 Å². The lowest BCUT2D eigenvalue weighted by atomic mass is 10.5. The lowest BCUT2D eigenvalue weighted by molar-refractivity contribution is -0.119. The van der Waals surface area contributed by atoms with E-state index in [4.69, 9.17) is 4.43 Å². The van der Waals surface area contributed by atoms with Crippen molar-refractivity contribution in [2.75, 3.05) is 6.61 Å². The van der Waals surface area contributed by atoms with E-state index in [0.29, 0.717) is 19.4 Å². The van der Waals surface area contributed by atoms with Gasteiger partial charge in [0.25, 0.3) is 0 Å². The Balaban J connectivity index is 4.00. The van der Waals surface area contributed by atoms with Gasteiger partial charge in [0, 0.05) is 19.4 Å². The molecule has 2 N–H and O–H groups in total. The van der Waals surface area contributed by atoms with E-state index in [1.54, 1.807) is 13.8 Å². The van der Waals surface area contributed by atoms with E-state index < -0.39 is 9.36 Å². The van der Waals surface area contributed by atoms with Gasteiger partial charge in [-0.25, -0.2) is 0 Å². The smallest absolute Gasteiger partial charge is 0.386 e. The van der Waals surface area contributed by atoms with Crippen LogP contribution in [0.15, 0.2) is 0 Å². The first kappa shape index (κ1) is 13.1. The number of carbonyl (C=O) groups excluding carboxylic acids is 2. The fourth-order valence-electron chi connectivity index (χ4n) is 0.783. The maximum atomic E-state index is 11.1. The van der Waals surface area contributed by atoms with Gasteiger partial charge >= 0.3 is 9.36 Å². The molecule has 0 rings (SSSR count). The van der Waals surface area contributed by atoms with E-state index in [9.17, 15) is 9.59 Å². The normalized spacial score (nSPS) is 10.0. The van der Waals surface area contributed by atoms with E-state index in [0.717, 1.165) is 0 Å². The van der Waals surface area contributed by atoms with Crippen molar-refractivity contribution in [2.45, 2.75) is 33.6 Å². The van der Waals surface area contributed by atoms with Gasteiger partial charge in [0.15, 0.2) is 0 Å². The van der Waals surface area contributed by atoms with Crippen LogP contribution >= 0.6 is 0 Å². The Kier molecular flexibility index (Phi) is 7.04. The van der Waals surface area contributed by atoms with Gasteiger partial charge in [-0.2, -0.15) is 0 Å². The molecule has 6 heteroatoms. The zero-order valence-corrected chi connectivity index (χ0v) is 10.1. The predicted octanol–water partition coefficient (Wildman–Crippen LogP) is -0.208. The highest BCUT2D eigenvalue weighted by atomic mass is 28.3. The number of hydrogen-bond donors (Lipinski definition) is 2. The van der Waals surface area contributed by atoms with Crippen LogP contribution in [-0.4, -0.2) is 27.8 Å². The molecular formula is C8H18N2O3Si. The van der Waals surface area contributed by atoms with Crippen LogP contribution in [0.2, 0.25) is 0 Å². The molecule has 0 fully saturated rings. The van der Waals surface area contributed by atoms with Crippen LogP contribution in [0.5, 0.6) is 0 Å². The number of carbonyl (C=O) groups is 2. The van der Waals surface area contributed by atoms with E-state index >= 15 is 0 Å². The third kappa shape index (κ3) is 5.71. The summed E-state index contributed by atoms with van der Waals surface area (Å²) in [6.07, 6.45) is 0.803. The van der Waals surface area contributed by atoms with Crippen LogP contribution in [0, 0.1) is 0 Å². The van der Waals surface area contributed by atoms with Gasteiger partial charge in [-0.05, 0) is 6.92 Å². The first-order valence-corrected chi connectivity index (χ1v) is 6.46. The first-order chi connectivity index (χ1) is 6.63. The third-order valence-electron chi connectivity index (χ3n) is 1.56. The standard InChI is InChI=1S/C8H18N2O3Si/c1-4-7(11)9-14(13-6-3)10-8(12)5-2/h14H,4-6H2,1-3H3,(H,9,11)(H,10,12). The number of hydrogen-bond acceptors (Lipinski definition) is 3. The van der Waals surface area contributed by atoms with Crippen molar-refractivity contribution < 1.29 is 14.0 Å². The minimum absolute atomic E-state index is 0.0912. The molecule has 0 bridgehead atoms. The largest absolute Gasteiger partial charge is 0.401 e. The molecule has 0 aliphatic carbocycles. The van der Waals surface area contributed by atoms with Crippen molar-refractivity contribution in [3.8, 4) is 0 Å². The molecule has 0 aromatic rings. The molecule has 0 atom stereocenters. The maximum Gasteiger partial charge on any atom is 0.401 e. The Morgan fingerprint density at radius 3 is 1.79 bits per heavy atom. The van der Waals surface area contributed by atoms with E-state index in [2.05, 4.69) is 9.96 Å². The highest BCUT2D eigenvalue weighted by molar-refractivity contribution is 6.52. The number of amides is 2. The van der Waals surface area contributed by atoms with Crippen LogP contribution in [-0.2, 0) is 14.0 Å². The predicted molar refractivity (Wildman–Crippen MR) is 55.6 cm³/mol. The van der Waals surface area contributed by atoms with Crippen LogP contribution in [0.4, 0.5) is 0 Å². The quantitative estimate of drug-likeness (QED) is 0.606. The molecule has 0 saturated carbocycles. The molecule has 0 radical (unpaired) electrons. The van der Waals surface area contributed by atoms with Crippen molar-refractivity contribution >= 4 is 21.2 Å². The van der Waals surface area contributed by atoms with Gasteiger partial charge in [-0.1, -0.05) is 13.8 Å². The lowest BCUT2D eigenvalue weighted by Crippen LogP contribution is -2.54. The van der Waals surface area contributed by atoms with Crippen LogP contribution in [0.1, 0.15) is 33.6 Å². The van der Waals surface area contributed by atoms with E-state index in [-0.39, 0.29) is 11.8 Å². The molecule has 82 valence electrons. The van der Waals surface area contributed by atoms with Gasteiger partial charge < -0.3 is 14.4 Å². The molecule has 0 aliphatic rings. The fourth-order valence-corrected chi connectivity index (χ4v) is 2.35. The molecule has 2 amide bonds. The van der Waals surface area contributed by atoms with Gasteiger partial charge in [0.2, 0.25) is 11.8 Å². The number of nitrogens with one attached hydrogen (secondary N) is 2. The Morgan fingerprint density at radius 1 is 1.07 bits per heavy atom. The topological polar surface area (TPSA) is 67.4 Å². The molecule has 0 aromatic carbocycles. The molecule has 0 aromatic heterocycles. The molecule has 5 nitrogen and oxygen atoms in total. The Bertz CT molecular complexity index is 181. The average molecular weight is 218 g/mol. The summed E-state index contributed by atoms with van der Waals surface area (Å²) < 4.78 is 5.26. The lowest BCUT2D eigenvalue weighted by Gasteiger charge is -2.16. The summed E-state index contributed by atoms with van der Waals surface area (Å²) >= 11 is 0. The minimum atomic E-state index is -2.08. The van der Waals surface area contributed by atoms with Gasteiger partial charge in [0.1, 0.15) is 0 Å². The molecule has 0 heterocycles. The molecule has 0 saturated heterocycles. The highest BCUT2D eigenvalue weighted by Gasteiger charge is 2.16. The Hall–Kier alpha value is -0.883. The fraction of sp³-hybridized carbons (Fsp3) is 0.750. The van der Waals surface area contributed by atoms with Crippen LogP contribution < -0.4 is 9.96 Å². The highest BCUT2D eigenvalue weighted by Crippen LogP contribution is 1.83. The summed E-state index contributed by atoms with van der Waals surface area (Å²) in [7, 11) is -2.08. The second kappa shape index (κ2) is 7.51. The maximum absolute atomic E-state index is 11.1. The summed E-state index contributed by atoms with van der Waals surface area (Å²) in [5, 5.41) is 0. The minimum Gasteiger partial charge on any atom is -0.386 e. The third-order valence-corrected chi connectivity index (χ3v) is 3.39. The summed E-state index contributed by atoms with van der Waals surface area (Å²) in [5.41, 5.74) is 0. The van der Waals surface area contributed by atoms with Crippen molar-refractivity contribution in [2.24, 2.45) is 0 Å². The van der Waals surface area contributed by atoms with Crippen LogP contribution in [0.3, 0.4) is 0 Å². The number of rotatable bonds is 6. The first-order valence-electron chi connectivity index (χ1n) is 4.84. The molecular weight excluding hydrogens is 200 g/mol. The van der Waals surface area contributed by atoms with Crippen LogP contribution in [0.25, 0.3) is 0 Å². The summed E-state index contributed by atoms with van der Waals surface area (Å²) in [5.74, 6) is -0.182. The monoisotopic (exact) mass is 218 g/mol. The van der Waals surface area contributed by atoms with Gasteiger partial charge in [-0.15, -0.1) is 0 Å². The van der Waals surface area contributed by atoms with Crippen molar-refractivity contribution in [1.29, 1.82) is 0 Å². The second-order valence-electron chi connectivity index (χ2n) is 2.68. The second-order valence-corrected chi connectivity index (χ2v) is 4.35. The molecule has 0 unspecified atom stereocenters. The Labute approximate surface area is 86.1 Å². The molecule has 0 spiro atoms. The zero-order valence-electron chi connectivity index (χ0n) is 8.92. The van der Waals surface area contributed by atoms with Crippen molar-refractivity contribution in [3.05, 3.63) is 0 Å². The Morgan fingerprint density at radius 2 is 1.50 bits per heavy atom. The zero-order chi connectivity index (χ0) is 11.0. The molecule has 14 heavy (non-hydrogen) atoms. The molecule has 0 aliphatic heterocycles. The van der Waals surface area contributed by atoms with Gasteiger partial charge in [0.05, 0.1) is 0 Å². The SMILES string of the molecule is CCO[SiH](NC(=O)CC)NC(=O)CC. The van der Waals surface area contributed by atoms with Crippen molar-refractivity contribution in [1.82, 2.24) is 9.96 Å². The van der Waals surface area contributed by atoms with E-state index in [1.807, 2.05) is 6.92 Å². The summed E-state index contributed by atoms with van der Waals surface area (Å²) in [6, 6.07) is 0. The van der Waals surface area contributed by atoms with Gasteiger partial charge in [-0.3, -0.25) is 9.59 Å². The summed E-state index contributed by atoms with van der Waals surface area (Å²) in [6.45, 7) is 5.84. The average Bonchev–Trinajstić information content (AvgIpc) is 2.17.